The van der Waals surface area contributed by atoms with Gasteiger partial charge in [-0.05, 0) is 32.4 Å². The van der Waals surface area contributed by atoms with Crippen LogP contribution in [0.2, 0.25) is 0 Å². The highest BCUT2D eigenvalue weighted by Gasteiger charge is 2.15. The molecule has 0 saturated heterocycles. The second kappa shape index (κ2) is 5.36. The third-order valence-corrected chi connectivity index (χ3v) is 3.88. The molecule has 114 valence electrons. The summed E-state index contributed by atoms with van der Waals surface area (Å²) < 4.78 is 1.88. The van der Waals surface area contributed by atoms with Crippen LogP contribution in [0.3, 0.4) is 0 Å². The molecule has 0 amide bonds. The minimum atomic E-state index is 0.305. The maximum Gasteiger partial charge on any atom is 0.220 e. The number of hydrogen-bond acceptors (Lipinski definition) is 5. The minimum absolute atomic E-state index is 0.305. The molecule has 0 aliphatic heterocycles. The van der Waals surface area contributed by atoms with Crippen molar-refractivity contribution in [2.75, 3.05) is 5.73 Å². The fourth-order valence-corrected chi connectivity index (χ4v) is 2.79. The van der Waals surface area contributed by atoms with Crippen LogP contribution in [0.15, 0.2) is 12.1 Å². The van der Waals surface area contributed by atoms with E-state index >= 15 is 0 Å². The molecule has 0 bridgehead atoms. The molecule has 0 unspecified atom stereocenters. The molecular formula is C16H20N6. The average molecular weight is 296 g/mol. The Labute approximate surface area is 129 Å². The van der Waals surface area contributed by atoms with Gasteiger partial charge in [-0.2, -0.15) is 5.10 Å². The lowest BCUT2D eigenvalue weighted by molar-refractivity contribution is 0.731. The molecule has 0 atom stereocenters. The molecule has 0 radical (unpaired) electrons. The number of anilines is 1. The molecule has 22 heavy (non-hydrogen) atoms. The molecule has 0 saturated carbocycles. The summed E-state index contributed by atoms with van der Waals surface area (Å²) in [6.45, 7) is 6.16. The molecular weight excluding hydrogens is 276 g/mol. The SMILES string of the molecule is CCCc1nc(N)nc2ccc(-c3c(C)nn(C)c3C)nc12. The molecule has 3 rings (SSSR count). The molecule has 0 fully saturated rings. The standard InChI is InChI=1S/C16H20N6/c1-5-6-12-15-13(20-16(17)19-12)8-7-11(18-15)14-9(2)21-22(4)10(14)3/h7-8H,5-6H2,1-4H3,(H2,17,19,20). The smallest absolute Gasteiger partial charge is 0.220 e. The number of pyridine rings is 1. The van der Waals surface area contributed by atoms with Crippen molar-refractivity contribution in [3.8, 4) is 11.3 Å². The zero-order valence-electron chi connectivity index (χ0n) is 13.4. The first-order valence-corrected chi connectivity index (χ1v) is 7.45. The zero-order valence-corrected chi connectivity index (χ0v) is 13.4. The van der Waals surface area contributed by atoms with Crippen molar-refractivity contribution in [3.63, 3.8) is 0 Å². The highest BCUT2D eigenvalue weighted by atomic mass is 15.3. The number of rotatable bonds is 3. The zero-order chi connectivity index (χ0) is 15.9. The number of nitrogens with zero attached hydrogens (tertiary/aromatic N) is 5. The molecule has 6 heteroatoms. The molecule has 0 aliphatic rings. The molecule has 0 aliphatic carbocycles. The van der Waals surface area contributed by atoms with Gasteiger partial charge in [-0.1, -0.05) is 13.3 Å². The molecule has 3 aromatic rings. The highest BCUT2D eigenvalue weighted by molar-refractivity contribution is 5.81. The van der Waals surface area contributed by atoms with Crippen molar-refractivity contribution in [2.45, 2.75) is 33.6 Å². The van der Waals surface area contributed by atoms with Crippen LogP contribution in [0.5, 0.6) is 0 Å². The van der Waals surface area contributed by atoms with Crippen molar-refractivity contribution in [3.05, 3.63) is 29.2 Å². The van der Waals surface area contributed by atoms with Gasteiger partial charge in [0.15, 0.2) is 0 Å². The first-order valence-electron chi connectivity index (χ1n) is 7.45. The third-order valence-electron chi connectivity index (χ3n) is 3.88. The van der Waals surface area contributed by atoms with Crippen LogP contribution in [-0.2, 0) is 13.5 Å². The van der Waals surface area contributed by atoms with Crippen molar-refractivity contribution in [2.24, 2.45) is 7.05 Å². The molecule has 2 N–H and O–H groups in total. The summed E-state index contributed by atoms with van der Waals surface area (Å²) in [6.07, 6.45) is 1.83. The Morgan fingerprint density at radius 1 is 1.14 bits per heavy atom. The Hall–Kier alpha value is -2.50. The van der Waals surface area contributed by atoms with E-state index < -0.39 is 0 Å². The van der Waals surface area contributed by atoms with Gasteiger partial charge < -0.3 is 5.73 Å². The monoisotopic (exact) mass is 296 g/mol. The van der Waals surface area contributed by atoms with Crippen LogP contribution in [-0.4, -0.2) is 24.7 Å². The van der Waals surface area contributed by atoms with Crippen molar-refractivity contribution in [1.29, 1.82) is 0 Å². The number of aromatic nitrogens is 5. The van der Waals surface area contributed by atoms with E-state index in [1.165, 1.54) is 0 Å². The number of fused-ring (bicyclic) bond motifs is 1. The lowest BCUT2D eigenvalue weighted by Crippen LogP contribution is -2.03. The summed E-state index contributed by atoms with van der Waals surface area (Å²) >= 11 is 0. The Balaban J connectivity index is 2.25. The van der Waals surface area contributed by atoms with Crippen molar-refractivity contribution < 1.29 is 0 Å². The maximum absolute atomic E-state index is 5.79. The first kappa shape index (κ1) is 14.4. The summed E-state index contributed by atoms with van der Waals surface area (Å²) in [6, 6.07) is 3.93. The molecule has 3 aromatic heterocycles. The van der Waals surface area contributed by atoms with E-state index in [0.717, 1.165) is 52.2 Å². The fraction of sp³-hybridized carbons (Fsp3) is 0.375. The van der Waals surface area contributed by atoms with Gasteiger partial charge in [0, 0.05) is 18.3 Å². The van der Waals surface area contributed by atoms with Gasteiger partial charge in [-0.25, -0.2) is 15.0 Å². The summed E-state index contributed by atoms with van der Waals surface area (Å²) in [5, 5.41) is 4.47. The summed E-state index contributed by atoms with van der Waals surface area (Å²) in [5.74, 6) is 0.305. The van der Waals surface area contributed by atoms with Gasteiger partial charge in [0.05, 0.1) is 22.6 Å². The van der Waals surface area contributed by atoms with Crippen LogP contribution in [0.1, 0.15) is 30.4 Å². The lowest BCUT2D eigenvalue weighted by Gasteiger charge is -2.08. The third kappa shape index (κ3) is 2.30. The van der Waals surface area contributed by atoms with Gasteiger partial charge in [0.25, 0.3) is 0 Å². The number of hydrogen-bond donors (Lipinski definition) is 1. The molecule has 3 heterocycles. The van der Waals surface area contributed by atoms with Gasteiger partial charge in [0.1, 0.15) is 5.52 Å². The molecule has 0 spiro atoms. The second-order valence-corrected chi connectivity index (χ2v) is 5.51. The quantitative estimate of drug-likeness (QED) is 0.803. The predicted molar refractivity (Wildman–Crippen MR) is 87.4 cm³/mol. The van der Waals surface area contributed by atoms with E-state index in [2.05, 4.69) is 22.0 Å². The number of nitrogens with two attached hydrogens (primary N) is 1. The largest absolute Gasteiger partial charge is 0.368 e. The van der Waals surface area contributed by atoms with E-state index in [1.54, 1.807) is 0 Å². The van der Waals surface area contributed by atoms with Crippen LogP contribution >= 0.6 is 0 Å². The predicted octanol–water partition coefficient (Wildman–Crippen LogP) is 2.58. The first-order chi connectivity index (χ1) is 10.5. The molecule has 0 aromatic carbocycles. The van der Waals surface area contributed by atoms with E-state index in [1.807, 2.05) is 37.7 Å². The molecule has 6 nitrogen and oxygen atoms in total. The van der Waals surface area contributed by atoms with Crippen LogP contribution in [0.4, 0.5) is 5.95 Å². The second-order valence-electron chi connectivity index (χ2n) is 5.51. The van der Waals surface area contributed by atoms with Crippen molar-refractivity contribution >= 4 is 17.0 Å². The topological polar surface area (TPSA) is 82.5 Å². The number of aryl methyl sites for hydroxylation is 3. The Bertz CT molecular complexity index is 849. The van der Waals surface area contributed by atoms with Gasteiger partial charge >= 0.3 is 0 Å². The fourth-order valence-electron chi connectivity index (χ4n) is 2.79. The van der Waals surface area contributed by atoms with Gasteiger partial charge in [0.2, 0.25) is 5.95 Å². The van der Waals surface area contributed by atoms with Gasteiger partial charge in [-0.15, -0.1) is 0 Å². The minimum Gasteiger partial charge on any atom is -0.368 e. The van der Waals surface area contributed by atoms with E-state index in [9.17, 15) is 0 Å². The number of nitrogen functional groups attached to an aromatic ring is 1. The van der Waals surface area contributed by atoms with E-state index in [0.29, 0.717) is 5.95 Å². The highest BCUT2D eigenvalue weighted by Crippen LogP contribution is 2.27. The Kier molecular flexibility index (Phi) is 3.52. The lowest BCUT2D eigenvalue weighted by atomic mass is 10.1. The van der Waals surface area contributed by atoms with Crippen molar-refractivity contribution in [1.82, 2.24) is 24.7 Å². The summed E-state index contributed by atoms with van der Waals surface area (Å²) in [4.78, 5) is 13.5. The Morgan fingerprint density at radius 3 is 2.55 bits per heavy atom. The van der Waals surface area contributed by atoms with Crippen LogP contribution < -0.4 is 5.73 Å². The normalized spacial score (nSPS) is 11.3. The summed E-state index contributed by atoms with van der Waals surface area (Å²) in [7, 11) is 1.94. The average Bonchev–Trinajstić information content (AvgIpc) is 2.72. The maximum atomic E-state index is 5.79. The Morgan fingerprint density at radius 2 is 1.91 bits per heavy atom. The van der Waals surface area contributed by atoms with Crippen LogP contribution in [0.25, 0.3) is 22.3 Å². The van der Waals surface area contributed by atoms with Crippen LogP contribution in [0, 0.1) is 13.8 Å². The van der Waals surface area contributed by atoms with E-state index in [-0.39, 0.29) is 0 Å². The van der Waals surface area contributed by atoms with E-state index in [4.69, 9.17) is 10.7 Å². The van der Waals surface area contributed by atoms with Gasteiger partial charge in [-0.3, -0.25) is 4.68 Å². The summed E-state index contributed by atoms with van der Waals surface area (Å²) in [5.41, 5.74) is 12.4.